The number of aryl methyl sites for hydroxylation is 1. The van der Waals surface area contributed by atoms with Crippen LogP contribution in [0, 0.1) is 6.92 Å². The van der Waals surface area contributed by atoms with Crippen molar-refractivity contribution in [1.29, 1.82) is 0 Å². The van der Waals surface area contributed by atoms with E-state index in [1.54, 1.807) is 5.48 Å². The lowest BCUT2D eigenvalue weighted by Crippen LogP contribution is -2.26. The number of imidazole rings is 1. The Morgan fingerprint density at radius 2 is 1.95 bits per heavy atom. The lowest BCUT2D eigenvalue weighted by molar-refractivity contribution is -0.127. The number of carbonyl (C=O) groups excluding carboxylic acids is 1. The van der Waals surface area contributed by atoms with Gasteiger partial charge in [0.15, 0.2) is 5.82 Å². The summed E-state index contributed by atoms with van der Waals surface area (Å²) in [7, 11) is 0. The van der Waals surface area contributed by atoms with Gasteiger partial charge in [-0.25, -0.2) is 10.5 Å². The summed E-state index contributed by atoms with van der Waals surface area (Å²) in [5.74, 6) is 0.0805. The molecular formula is C16H16N4O2. The van der Waals surface area contributed by atoms with E-state index in [0.717, 1.165) is 22.6 Å². The van der Waals surface area contributed by atoms with Gasteiger partial charge in [-0.15, -0.1) is 0 Å². The van der Waals surface area contributed by atoms with Crippen LogP contribution in [0.3, 0.4) is 0 Å². The first-order valence-corrected chi connectivity index (χ1v) is 6.91. The van der Waals surface area contributed by atoms with Crippen LogP contribution in [0.5, 0.6) is 0 Å². The van der Waals surface area contributed by atoms with Gasteiger partial charge < -0.3 is 5.32 Å². The van der Waals surface area contributed by atoms with Crippen LogP contribution in [0.1, 0.15) is 5.69 Å². The van der Waals surface area contributed by atoms with Gasteiger partial charge in [-0.2, -0.15) is 0 Å². The van der Waals surface area contributed by atoms with E-state index in [4.69, 9.17) is 5.21 Å². The number of nitrogens with one attached hydrogen (secondary N) is 2. The Hall–Kier alpha value is -2.86. The van der Waals surface area contributed by atoms with Crippen molar-refractivity contribution in [3.05, 3.63) is 54.2 Å². The second-order valence-corrected chi connectivity index (χ2v) is 4.92. The zero-order chi connectivity index (χ0) is 15.5. The van der Waals surface area contributed by atoms with Gasteiger partial charge in [0.05, 0.1) is 12.2 Å². The number of nitrogens with zero attached hydrogens (tertiary/aromatic N) is 2. The highest BCUT2D eigenvalue weighted by molar-refractivity contribution is 5.83. The standard InChI is InChI=1S/C16H16N4O2/c1-11-6-5-9-13-18-16(17-10-14(21)19-22)15(20(11)13)12-7-3-2-4-8-12/h2-9,17,22H,10H2,1H3,(H,19,21). The van der Waals surface area contributed by atoms with E-state index in [9.17, 15) is 4.79 Å². The molecule has 0 fully saturated rings. The predicted octanol–water partition coefficient (Wildman–Crippen LogP) is 2.23. The number of aromatic nitrogens is 2. The Morgan fingerprint density at radius 1 is 1.18 bits per heavy atom. The highest BCUT2D eigenvalue weighted by atomic mass is 16.5. The maximum absolute atomic E-state index is 11.3. The van der Waals surface area contributed by atoms with Crippen molar-refractivity contribution < 1.29 is 10.0 Å². The van der Waals surface area contributed by atoms with Crippen LogP contribution in [0.2, 0.25) is 0 Å². The topological polar surface area (TPSA) is 78.7 Å². The summed E-state index contributed by atoms with van der Waals surface area (Å²) in [5, 5.41) is 11.6. The normalized spacial score (nSPS) is 10.6. The number of pyridine rings is 1. The van der Waals surface area contributed by atoms with Crippen molar-refractivity contribution >= 4 is 17.4 Å². The van der Waals surface area contributed by atoms with Gasteiger partial charge in [-0.1, -0.05) is 36.4 Å². The number of hydrogen-bond donors (Lipinski definition) is 3. The van der Waals surface area contributed by atoms with E-state index in [1.165, 1.54) is 0 Å². The largest absolute Gasteiger partial charge is 0.359 e. The van der Waals surface area contributed by atoms with Crippen LogP contribution in [-0.2, 0) is 4.79 Å². The van der Waals surface area contributed by atoms with Gasteiger partial charge in [0.25, 0.3) is 5.91 Å². The third-order valence-electron chi connectivity index (χ3n) is 3.43. The lowest BCUT2D eigenvalue weighted by Gasteiger charge is -2.08. The van der Waals surface area contributed by atoms with Crippen LogP contribution in [-0.4, -0.2) is 27.0 Å². The summed E-state index contributed by atoms with van der Waals surface area (Å²) in [6.07, 6.45) is 0. The van der Waals surface area contributed by atoms with Crippen molar-refractivity contribution in [2.45, 2.75) is 6.92 Å². The maximum atomic E-state index is 11.3. The molecule has 0 atom stereocenters. The zero-order valence-corrected chi connectivity index (χ0v) is 12.1. The molecule has 0 saturated carbocycles. The highest BCUT2D eigenvalue weighted by Gasteiger charge is 2.15. The summed E-state index contributed by atoms with van der Waals surface area (Å²) in [5.41, 5.74) is 5.33. The van der Waals surface area contributed by atoms with Crippen molar-refractivity contribution in [3.8, 4) is 11.3 Å². The minimum atomic E-state index is -0.521. The Labute approximate surface area is 127 Å². The Bertz CT molecular complexity index is 812. The molecule has 3 N–H and O–H groups in total. The number of anilines is 1. The fourth-order valence-corrected chi connectivity index (χ4v) is 2.44. The molecule has 0 aliphatic rings. The molecule has 0 saturated heterocycles. The van der Waals surface area contributed by atoms with Crippen molar-refractivity contribution in [2.75, 3.05) is 11.9 Å². The van der Waals surface area contributed by atoms with Gasteiger partial charge in [-0.05, 0) is 19.1 Å². The molecule has 6 heteroatoms. The summed E-state index contributed by atoms with van der Waals surface area (Å²) in [4.78, 5) is 15.8. The molecule has 2 aromatic heterocycles. The average molecular weight is 296 g/mol. The summed E-state index contributed by atoms with van der Waals surface area (Å²) >= 11 is 0. The Balaban J connectivity index is 2.15. The number of amides is 1. The number of rotatable bonds is 4. The summed E-state index contributed by atoms with van der Waals surface area (Å²) < 4.78 is 2.04. The molecule has 6 nitrogen and oxygen atoms in total. The SMILES string of the molecule is Cc1cccc2nc(NCC(=O)NO)c(-c3ccccc3)n12. The molecule has 112 valence electrons. The van der Waals surface area contributed by atoms with Gasteiger partial charge in [0.1, 0.15) is 5.65 Å². The van der Waals surface area contributed by atoms with E-state index in [2.05, 4.69) is 10.3 Å². The molecule has 1 amide bonds. The fraction of sp³-hybridized carbons (Fsp3) is 0.125. The van der Waals surface area contributed by atoms with E-state index >= 15 is 0 Å². The van der Waals surface area contributed by atoms with Gasteiger partial charge in [-0.3, -0.25) is 14.4 Å². The molecule has 2 heterocycles. The van der Waals surface area contributed by atoms with Crippen LogP contribution < -0.4 is 10.8 Å². The molecule has 0 radical (unpaired) electrons. The van der Waals surface area contributed by atoms with Crippen LogP contribution in [0.25, 0.3) is 16.9 Å². The van der Waals surface area contributed by atoms with Gasteiger partial charge >= 0.3 is 0 Å². The number of hydroxylamine groups is 1. The van der Waals surface area contributed by atoms with E-state index in [1.807, 2.05) is 59.9 Å². The lowest BCUT2D eigenvalue weighted by atomic mass is 10.1. The minimum Gasteiger partial charge on any atom is -0.359 e. The third-order valence-corrected chi connectivity index (χ3v) is 3.43. The van der Waals surface area contributed by atoms with E-state index < -0.39 is 5.91 Å². The molecule has 0 spiro atoms. The first-order valence-electron chi connectivity index (χ1n) is 6.91. The monoisotopic (exact) mass is 296 g/mol. The minimum absolute atomic E-state index is 0.0563. The Morgan fingerprint density at radius 3 is 2.68 bits per heavy atom. The maximum Gasteiger partial charge on any atom is 0.262 e. The van der Waals surface area contributed by atoms with Gasteiger partial charge in [0.2, 0.25) is 0 Å². The number of fused-ring (bicyclic) bond motifs is 1. The quantitative estimate of drug-likeness (QED) is 0.509. The van der Waals surface area contributed by atoms with Crippen molar-refractivity contribution in [2.24, 2.45) is 0 Å². The molecule has 22 heavy (non-hydrogen) atoms. The third kappa shape index (κ3) is 2.51. The second-order valence-electron chi connectivity index (χ2n) is 4.92. The first-order chi connectivity index (χ1) is 10.7. The van der Waals surface area contributed by atoms with Crippen molar-refractivity contribution in [3.63, 3.8) is 0 Å². The molecule has 0 aliphatic carbocycles. The predicted molar refractivity (Wildman–Crippen MR) is 83.8 cm³/mol. The van der Waals surface area contributed by atoms with Crippen molar-refractivity contribution in [1.82, 2.24) is 14.9 Å². The summed E-state index contributed by atoms with van der Waals surface area (Å²) in [6, 6.07) is 15.7. The fourth-order valence-electron chi connectivity index (χ4n) is 2.44. The molecule has 3 aromatic rings. The smallest absolute Gasteiger partial charge is 0.262 e. The molecule has 0 unspecified atom stereocenters. The van der Waals surface area contributed by atoms with Gasteiger partial charge in [0, 0.05) is 11.3 Å². The highest BCUT2D eigenvalue weighted by Crippen LogP contribution is 2.29. The molecule has 0 bridgehead atoms. The van der Waals surface area contributed by atoms with E-state index in [0.29, 0.717) is 5.82 Å². The van der Waals surface area contributed by atoms with E-state index in [-0.39, 0.29) is 6.54 Å². The summed E-state index contributed by atoms with van der Waals surface area (Å²) in [6.45, 7) is 1.95. The first kappa shape index (κ1) is 14.1. The molecule has 1 aromatic carbocycles. The number of carbonyl (C=O) groups is 1. The Kier molecular flexibility index (Phi) is 3.76. The second kappa shape index (κ2) is 5.87. The number of hydrogen-bond acceptors (Lipinski definition) is 4. The number of benzene rings is 1. The molecule has 3 rings (SSSR count). The molecular weight excluding hydrogens is 280 g/mol. The average Bonchev–Trinajstić information content (AvgIpc) is 2.93. The van der Waals surface area contributed by atoms with Crippen LogP contribution in [0.15, 0.2) is 48.5 Å². The molecule has 0 aliphatic heterocycles. The van der Waals surface area contributed by atoms with Crippen LogP contribution >= 0.6 is 0 Å². The zero-order valence-electron chi connectivity index (χ0n) is 12.1. The van der Waals surface area contributed by atoms with Crippen LogP contribution in [0.4, 0.5) is 5.82 Å².